The molecule has 8 heteroatoms. The van der Waals surface area contributed by atoms with Crippen LogP contribution >= 0.6 is 11.3 Å². The van der Waals surface area contributed by atoms with Crippen LogP contribution in [-0.2, 0) is 6.54 Å². The predicted molar refractivity (Wildman–Crippen MR) is 123 cm³/mol. The van der Waals surface area contributed by atoms with Crippen molar-refractivity contribution in [3.63, 3.8) is 0 Å². The summed E-state index contributed by atoms with van der Waals surface area (Å²) in [4.78, 5) is 36.5. The van der Waals surface area contributed by atoms with Gasteiger partial charge in [0.25, 0.3) is 5.91 Å². The van der Waals surface area contributed by atoms with Gasteiger partial charge in [0, 0.05) is 18.5 Å². The molecule has 0 atom stereocenters. The summed E-state index contributed by atoms with van der Waals surface area (Å²) in [7, 11) is 1.58. The van der Waals surface area contributed by atoms with Crippen LogP contribution in [-0.4, -0.2) is 23.0 Å². The first-order chi connectivity index (χ1) is 15.6. The van der Waals surface area contributed by atoms with Crippen LogP contribution in [0.4, 0.5) is 5.13 Å². The number of anilines is 1. The van der Waals surface area contributed by atoms with Crippen molar-refractivity contribution >= 4 is 43.6 Å². The SMILES string of the molecule is COc1cccc2sc(N(Cc3cccnc3)C(=O)c3cc(=O)c4ccccc4o3)nc12. The molecule has 0 fully saturated rings. The van der Waals surface area contributed by atoms with E-state index in [1.165, 1.54) is 22.3 Å². The predicted octanol–water partition coefficient (Wildman–Crippen LogP) is 4.65. The summed E-state index contributed by atoms with van der Waals surface area (Å²) in [6.45, 7) is 0.214. The fourth-order valence-electron chi connectivity index (χ4n) is 3.43. The molecule has 0 aliphatic heterocycles. The van der Waals surface area contributed by atoms with Crippen LogP contribution in [0.25, 0.3) is 21.2 Å². The highest BCUT2D eigenvalue weighted by Gasteiger charge is 2.25. The number of fused-ring (bicyclic) bond motifs is 2. The molecule has 1 amide bonds. The molecule has 5 rings (SSSR count). The number of carbonyl (C=O) groups excluding carboxylic acids is 1. The lowest BCUT2D eigenvalue weighted by Crippen LogP contribution is -2.31. The van der Waals surface area contributed by atoms with E-state index in [0.717, 1.165) is 10.3 Å². The molecular weight excluding hydrogens is 426 g/mol. The highest BCUT2D eigenvalue weighted by atomic mass is 32.1. The average Bonchev–Trinajstić information content (AvgIpc) is 3.27. The molecule has 0 N–H and O–H groups in total. The number of para-hydroxylation sites is 2. The van der Waals surface area contributed by atoms with Crippen molar-refractivity contribution in [1.29, 1.82) is 0 Å². The Kier molecular flexibility index (Phi) is 5.12. The van der Waals surface area contributed by atoms with Crippen molar-refractivity contribution in [2.45, 2.75) is 6.54 Å². The number of rotatable bonds is 5. The monoisotopic (exact) mass is 443 g/mol. The van der Waals surface area contributed by atoms with Crippen molar-refractivity contribution in [3.05, 3.63) is 94.6 Å². The number of ether oxygens (including phenoxy) is 1. The number of benzene rings is 2. The average molecular weight is 443 g/mol. The Bertz CT molecular complexity index is 1490. The summed E-state index contributed by atoms with van der Waals surface area (Å²) in [5.41, 5.74) is 1.56. The highest BCUT2D eigenvalue weighted by Crippen LogP contribution is 2.35. The number of pyridine rings is 1. The van der Waals surface area contributed by atoms with Gasteiger partial charge >= 0.3 is 0 Å². The quantitative estimate of drug-likeness (QED) is 0.393. The van der Waals surface area contributed by atoms with Crippen molar-refractivity contribution in [3.8, 4) is 5.75 Å². The first-order valence-electron chi connectivity index (χ1n) is 9.81. The topological polar surface area (TPSA) is 85.5 Å². The first-order valence-corrected chi connectivity index (χ1v) is 10.6. The van der Waals surface area contributed by atoms with E-state index in [9.17, 15) is 9.59 Å². The number of thiazole rings is 1. The number of methoxy groups -OCH3 is 1. The van der Waals surface area contributed by atoms with Crippen molar-refractivity contribution < 1.29 is 13.9 Å². The first kappa shape index (κ1) is 19.9. The van der Waals surface area contributed by atoms with Crippen LogP contribution in [0, 0.1) is 0 Å². The van der Waals surface area contributed by atoms with Crippen LogP contribution in [0.5, 0.6) is 5.75 Å². The fourth-order valence-corrected chi connectivity index (χ4v) is 4.42. The Morgan fingerprint density at radius 2 is 2.00 bits per heavy atom. The van der Waals surface area contributed by atoms with Gasteiger partial charge in [-0.3, -0.25) is 19.5 Å². The maximum Gasteiger partial charge on any atom is 0.296 e. The van der Waals surface area contributed by atoms with E-state index in [-0.39, 0.29) is 17.7 Å². The summed E-state index contributed by atoms with van der Waals surface area (Å²) < 4.78 is 12.1. The van der Waals surface area contributed by atoms with Crippen molar-refractivity contribution in [2.24, 2.45) is 0 Å². The molecule has 32 heavy (non-hydrogen) atoms. The van der Waals surface area contributed by atoms with E-state index < -0.39 is 5.91 Å². The molecule has 0 saturated carbocycles. The molecule has 0 saturated heterocycles. The molecule has 5 aromatic rings. The van der Waals surface area contributed by atoms with Crippen LogP contribution in [0.1, 0.15) is 16.1 Å². The van der Waals surface area contributed by atoms with Gasteiger partial charge in [0.15, 0.2) is 16.3 Å². The lowest BCUT2D eigenvalue weighted by molar-refractivity contribution is 0.0959. The van der Waals surface area contributed by atoms with E-state index in [2.05, 4.69) is 9.97 Å². The minimum atomic E-state index is -0.463. The number of hydrogen-bond acceptors (Lipinski definition) is 7. The normalized spacial score (nSPS) is 11.0. The second kappa shape index (κ2) is 8.24. The van der Waals surface area contributed by atoms with Gasteiger partial charge in [0.05, 0.1) is 23.7 Å². The van der Waals surface area contributed by atoms with E-state index in [1.54, 1.807) is 49.8 Å². The van der Waals surface area contributed by atoms with Gasteiger partial charge in [0.2, 0.25) is 0 Å². The van der Waals surface area contributed by atoms with Crippen LogP contribution in [0.2, 0.25) is 0 Å². The minimum absolute atomic E-state index is 0.0520. The Labute approximate surface area is 186 Å². The Morgan fingerprint density at radius 1 is 1.12 bits per heavy atom. The standard InChI is InChI=1S/C24H17N3O4S/c1-30-19-9-4-10-21-22(19)26-24(32-21)27(14-15-6-5-11-25-13-15)23(29)20-12-17(28)16-7-2-3-8-18(16)31-20/h2-13H,14H2,1H3. The molecule has 2 aromatic carbocycles. The van der Waals surface area contributed by atoms with E-state index in [0.29, 0.717) is 27.4 Å². The molecule has 0 aliphatic carbocycles. The molecular formula is C24H17N3O4S. The lowest BCUT2D eigenvalue weighted by Gasteiger charge is -2.19. The summed E-state index contributed by atoms with van der Waals surface area (Å²) in [6.07, 6.45) is 3.35. The number of carbonyl (C=O) groups is 1. The number of nitrogens with zero attached hydrogens (tertiary/aromatic N) is 3. The molecule has 0 radical (unpaired) electrons. The minimum Gasteiger partial charge on any atom is -0.494 e. The van der Waals surface area contributed by atoms with Gasteiger partial charge in [-0.15, -0.1) is 0 Å². The molecule has 0 aliphatic rings. The summed E-state index contributed by atoms with van der Waals surface area (Å²) in [6, 6.07) is 17.4. The van der Waals surface area contributed by atoms with Gasteiger partial charge in [-0.05, 0) is 35.9 Å². The molecule has 0 spiro atoms. The van der Waals surface area contributed by atoms with Crippen molar-refractivity contribution in [2.75, 3.05) is 12.0 Å². The Hall–Kier alpha value is -4.04. The number of amides is 1. The van der Waals surface area contributed by atoms with Gasteiger partial charge in [-0.25, -0.2) is 4.98 Å². The summed E-state index contributed by atoms with van der Waals surface area (Å²) in [5, 5.41) is 0.891. The van der Waals surface area contributed by atoms with Gasteiger partial charge in [0.1, 0.15) is 16.8 Å². The fraction of sp³-hybridized carbons (Fsp3) is 0.0833. The smallest absolute Gasteiger partial charge is 0.296 e. The van der Waals surface area contributed by atoms with E-state index in [4.69, 9.17) is 9.15 Å². The third kappa shape index (κ3) is 3.61. The summed E-state index contributed by atoms with van der Waals surface area (Å²) >= 11 is 1.36. The van der Waals surface area contributed by atoms with E-state index >= 15 is 0 Å². The van der Waals surface area contributed by atoms with Crippen LogP contribution in [0.15, 0.2) is 82.3 Å². The molecule has 3 heterocycles. The van der Waals surface area contributed by atoms with E-state index in [1.807, 2.05) is 24.3 Å². The zero-order valence-corrected chi connectivity index (χ0v) is 17.8. The molecule has 158 valence electrons. The number of aromatic nitrogens is 2. The van der Waals surface area contributed by atoms with Gasteiger partial charge in [-0.2, -0.15) is 0 Å². The Balaban J connectivity index is 1.63. The highest BCUT2D eigenvalue weighted by molar-refractivity contribution is 7.22. The molecule has 0 bridgehead atoms. The van der Waals surface area contributed by atoms with Gasteiger partial charge in [-0.1, -0.05) is 35.6 Å². The molecule has 7 nitrogen and oxygen atoms in total. The Morgan fingerprint density at radius 3 is 2.81 bits per heavy atom. The van der Waals surface area contributed by atoms with Crippen LogP contribution in [0.3, 0.4) is 0 Å². The third-order valence-corrected chi connectivity index (χ3v) is 6.02. The zero-order chi connectivity index (χ0) is 22.1. The molecule has 3 aromatic heterocycles. The van der Waals surface area contributed by atoms with Crippen LogP contribution < -0.4 is 15.1 Å². The maximum absolute atomic E-state index is 13.6. The van der Waals surface area contributed by atoms with Crippen molar-refractivity contribution in [1.82, 2.24) is 9.97 Å². The van der Waals surface area contributed by atoms with Gasteiger partial charge < -0.3 is 9.15 Å². The lowest BCUT2D eigenvalue weighted by atomic mass is 10.2. The maximum atomic E-state index is 13.6. The summed E-state index contributed by atoms with van der Waals surface area (Å²) in [5.74, 6) is 0.106. The number of hydrogen-bond donors (Lipinski definition) is 0. The largest absolute Gasteiger partial charge is 0.494 e. The zero-order valence-electron chi connectivity index (χ0n) is 17.0. The third-order valence-electron chi connectivity index (χ3n) is 4.98. The molecule has 0 unspecified atom stereocenters. The second-order valence-corrected chi connectivity index (χ2v) is 8.04. The second-order valence-electron chi connectivity index (χ2n) is 7.03.